The van der Waals surface area contributed by atoms with Crippen LogP contribution in [0.3, 0.4) is 0 Å². The molecular weight excluding hydrogens is 296 g/mol. The predicted octanol–water partition coefficient (Wildman–Crippen LogP) is 2.43. The van der Waals surface area contributed by atoms with Gasteiger partial charge in [-0.25, -0.2) is 4.79 Å². The summed E-state index contributed by atoms with van der Waals surface area (Å²) in [6, 6.07) is 5.63. The number of ether oxygens (including phenoxy) is 1. The number of carboxylic acid groups (broad SMARTS) is 1. The molecule has 0 saturated carbocycles. The molecule has 0 radical (unpaired) electrons. The number of aliphatic carboxylic acids is 1. The fraction of sp³-hybridized carbons (Fsp3) is 0.529. The van der Waals surface area contributed by atoms with Crippen LogP contribution in [0.2, 0.25) is 0 Å². The number of carbonyl (C=O) groups excluding carboxylic acids is 1. The summed E-state index contributed by atoms with van der Waals surface area (Å²) < 4.78 is 5.25. The number of amides is 2. The zero-order chi connectivity index (χ0) is 17.0. The van der Waals surface area contributed by atoms with Crippen molar-refractivity contribution < 1.29 is 19.4 Å². The first-order valence-electron chi connectivity index (χ1n) is 7.83. The van der Waals surface area contributed by atoms with E-state index >= 15 is 0 Å². The van der Waals surface area contributed by atoms with E-state index in [0.717, 1.165) is 30.6 Å². The zero-order valence-corrected chi connectivity index (χ0v) is 13.8. The maximum atomic E-state index is 12.3. The highest BCUT2D eigenvalue weighted by Crippen LogP contribution is 2.32. The van der Waals surface area contributed by atoms with E-state index in [2.05, 4.69) is 5.32 Å². The number of methoxy groups -OCH3 is 1. The van der Waals surface area contributed by atoms with Crippen molar-refractivity contribution in [1.82, 2.24) is 10.2 Å². The molecule has 0 fully saturated rings. The molecule has 2 amide bonds. The quantitative estimate of drug-likeness (QED) is 0.873. The van der Waals surface area contributed by atoms with Gasteiger partial charge in [-0.2, -0.15) is 0 Å². The molecule has 0 spiro atoms. The lowest BCUT2D eigenvalue weighted by atomic mass is 9.87. The Kier molecular flexibility index (Phi) is 5.47. The van der Waals surface area contributed by atoms with Gasteiger partial charge < -0.3 is 20.1 Å². The Morgan fingerprint density at radius 2 is 2.22 bits per heavy atom. The van der Waals surface area contributed by atoms with E-state index in [1.54, 1.807) is 21.1 Å². The van der Waals surface area contributed by atoms with Crippen LogP contribution in [-0.2, 0) is 11.2 Å². The maximum Gasteiger partial charge on any atom is 0.317 e. The molecule has 6 heteroatoms. The van der Waals surface area contributed by atoms with Gasteiger partial charge in [-0.3, -0.25) is 4.79 Å². The fourth-order valence-electron chi connectivity index (χ4n) is 2.90. The molecule has 6 nitrogen and oxygen atoms in total. The summed E-state index contributed by atoms with van der Waals surface area (Å²) in [6.07, 6.45) is 2.86. The molecule has 0 aliphatic heterocycles. The summed E-state index contributed by atoms with van der Waals surface area (Å²) in [5, 5.41) is 12.0. The van der Waals surface area contributed by atoms with Gasteiger partial charge in [-0.1, -0.05) is 13.0 Å². The molecular formula is C17H24N2O4. The van der Waals surface area contributed by atoms with E-state index in [4.69, 9.17) is 9.84 Å². The first-order chi connectivity index (χ1) is 10.9. The van der Waals surface area contributed by atoms with E-state index in [1.165, 1.54) is 10.5 Å². The Morgan fingerprint density at radius 1 is 1.48 bits per heavy atom. The normalized spacial score (nSPS) is 17.8. The van der Waals surface area contributed by atoms with Crippen LogP contribution in [0.1, 0.15) is 36.9 Å². The first-order valence-corrected chi connectivity index (χ1v) is 7.83. The second-order valence-electron chi connectivity index (χ2n) is 6.08. The average Bonchev–Trinajstić information content (AvgIpc) is 2.54. The largest absolute Gasteiger partial charge is 0.497 e. The van der Waals surface area contributed by atoms with E-state index in [-0.39, 0.29) is 18.6 Å². The standard InChI is InChI=1S/C17H24N2O4/c1-11(16(20)21)10-19(2)17(22)18-15-6-4-5-12-9-13(23-3)7-8-14(12)15/h7-9,11,15H,4-6,10H2,1-3H3,(H,18,22)(H,20,21). The third kappa shape index (κ3) is 4.15. The van der Waals surface area contributed by atoms with Crippen LogP contribution in [0.25, 0.3) is 0 Å². The molecule has 1 aromatic carbocycles. The number of hydrogen-bond donors (Lipinski definition) is 2. The third-order valence-electron chi connectivity index (χ3n) is 4.28. The lowest BCUT2D eigenvalue weighted by Crippen LogP contribution is -2.42. The molecule has 1 aliphatic carbocycles. The van der Waals surface area contributed by atoms with Crippen LogP contribution in [0.4, 0.5) is 4.79 Å². The second kappa shape index (κ2) is 7.35. The Bertz CT molecular complexity index is 588. The van der Waals surface area contributed by atoms with Crippen molar-refractivity contribution in [2.24, 2.45) is 5.92 Å². The van der Waals surface area contributed by atoms with Crippen LogP contribution in [-0.4, -0.2) is 42.7 Å². The van der Waals surface area contributed by atoms with E-state index in [0.29, 0.717) is 0 Å². The van der Waals surface area contributed by atoms with Gasteiger partial charge in [0.05, 0.1) is 19.1 Å². The van der Waals surface area contributed by atoms with E-state index in [1.807, 2.05) is 18.2 Å². The molecule has 2 atom stereocenters. The lowest BCUT2D eigenvalue weighted by molar-refractivity contribution is -0.141. The van der Waals surface area contributed by atoms with Crippen molar-refractivity contribution in [2.75, 3.05) is 20.7 Å². The van der Waals surface area contributed by atoms with Crippen LogP contribution in [0.5, 0.6) is 5.75 Å². The molecule has 1 aliphatic rings. The summed E-state index contributed by atoms with van der Waals surface area (Å²) in [5.74, 6) is -0.670. The van der Waals surface area contributed by atoms with Crippen molar-refractivity contribution in [3.8, 4) is 5.75 Å². The fourth-order valence-corrected chi connectivity index (χ4v) is 2.90. The predicted molar refractivity (Wildman–Crippen MR) is 86.6 cm³/mol. The molecule has 2 unspecified atom stereocenters. The summed E-state index contributed by atoms with van der Waals surface area (Å²) in [5.41, 5.74) is 2.31. The minimum Gasteiger partial charge on any atom is -0.497 e. The Labute approximate surface area is 136 Å². The van der Waals surface area contributed by atoms with Gasteiger partial charge >= 0.3 is 12.0 Å². The van der Waals surface area contributed by atoms with Crippen LogP contribution in [0, 0.1) is 5.92 Å². The molecule has 0 saturated heterocycles. The summed E-state index contributed by atoms with van der Waals surface area (Å²) in [6.45, 7) is 1.78. The number of hydrogen-bond acceptors (Lipinski definition) is 3. The molecule has 0 bridgehead atoms. The lowest BCUT2D eigenvalue weighted by Gasteiger charge is -2.29. The van der Waals surface area contributed by atoms with E-state index < -0.39 is 11.9 Å². The third-order valence-corrected chi connectivity index (χ3v) is 4.28. The van der Waals surface area contributed by atoms with Crippen LogP contribution >= 0.6 is 0 Å². The topological polar surface area (TPSA) is 78.9 Å². The number of fused-ring (bicyclic) bond motifs is 1. The zero-order valence-electron chi connectivity index (χ0n) is 13.8. The van der Waals surface area contributed by atoms with Gasteiger partial charge in [0.1, 0.15) is 5.75 Å². The van der Waals surface area contributed by atoms with Gasteiger partial charge in [0.2, 0.25) is 0 Å². The van der Waals surface area contributed by atoms with Gasteiger partial charge in [-0.15, -0.1) is 0 Å². The smallest absolute Gasteiger partial charge is 0.317 e. The van der Waals surface area contributed by atoms with Gasteiger partial charge in [-0.05, 0) is 42.5 Å². The van der Waals surface area contributed by atoms with Crippen molar-refractivity contribution >= 4 is 12.0 Å². The summed E-state index contributed by atoms with van der Waals surface area (Å²) in [7, 11) is 3.26. The van der Waals surface area contributed by atoms with Crippen molar-refractivity contribution in [3.05, 3.63) is 29.3 Å². The second-order valence-corrected chi connectivity index (χ2v) is 6.08. The Balaban J connectivity index is 2.04. The Hall–Kier alpha value is -2.24. The number of urea groups is 1. The van der Waals surface area contributed by atoms with Crippen molar-refractivity contribution in [2.45, 2.75) is 32.2 Å². The molecule has 0 heterocycles. The first kappa shape index (κ1) is 17.1. The number of rotatable bonds is 5. The van der Waals surface area contributed by atoms with Crippen molar-refractivity contribution in [1.29, 1.82) is 0 Å². The highest BCUT2D eigenvalue weighted by atomic mass is 16.5. The minimum atomic E-state index is -0.903. The van der Waals surface area contributed by atoms with Gasteiger partial charge in [0.15, 0.2) is 0 Å². The monoisotopic (exact) mass is 320 g/mol. The number of nitrogens with zero attached hydrogens (tertiary/aromatic N) is 1. The number of carboxylic acids is 1. The number of aryl methyl sites for hydroxylation is 1. The summed E-state index contributed by atoms with van der Waals surface area (Å²) >= 11 is 0. The molecule has 126 valence electrons. The highest BCUT2D eigenvalue weighted by molar-refractivity contribution is 5.76. The van der Waals surface area contributed by atoms with Crippen LogP contribution < -0.4 is 10.1 Å². The molecule has 0 aromatic heterocycles. The number of nitrogens with one attached hydrogen (secondary N) is 1. The minimum absolute atomic E-state index is 0.0419. The van der Waals surface area contributed by atoms with Gasteiger partial charge in [0.25, 0.3) is 0 Å². The maximum absolute atomic E-state index is 12.3. The summed E-state index contributed by atoms with van der Waals surface area (Å²) in [4.78, 5) is 24.6. The number of benzene rings is 1. The number of carbonyl (C=O) groups is 2. The SMILES string of the molecule is COc1ccc2c(c1)CCCC2NC(=O)N(C)CC(C)C(=O)O. The molecule has 2 rings (SSSR count). The highest BCUT2D eigenvalue weighted by Gasteiger charge is 2.24. The average molecular weight is 320 g/mol. The molecule has 2 N–H and O–H groups in total. The van der Waals surface area contributed by atoms with Gasteiger partial charge in [0, 0.05) is 13.6 Å². The molecule has 1 aromatic rings. The van der Waals surface area contributed by atoms with Crippen LogP contribution in [0.15, 0.2) is 18.2 Å². The Morgan fingerprint density at radius 3 is 2.87 bits per heavy atom. The van der Waals surface area contributed by atoms with E-state index in [9.17, 15) is 9.59 Å². The molecule has 23 heavy (non-hydrogen) atoms. The van der Waals surface area contributed by atoms with Crippen molar-refractivity contribution in [3.63, 3.8) is 0 Å².